The Morgan fingerprint density at radius 1 is 1.22 bits per heavy atom. The summed E-state index contributed by atoms with van der Waals surface area (Å²) in [5, 5.41) is 3.34. The number of nitrogen functional groups attached to an aromatic ring is 1. The van der Waals surface area contributed by atoms with Gasteiger partial charge in [-0.05, 0) is 17.2 Å². The predicted octanol–water partition coefficient (Wildman–Crippen LogP) is 2.60. The van der Waals surface area contributed by atoms with Crippen molar-refractivity contribution in [2.24, 2.45) is 5.73 Å². The van der Waals surface area contributed by atoms with Crippen molar-refractivity contribution in [1.29, 1.82) is 0 Å². The van der Waals surface area contributed by atoms with Crippen LogP contribution in [0.25, 0.3) is 21.3 Å². The quantitative estimate of drug-likeness (QED) is 0.687. The second-order valence-corrected chi connectivity index (χ2v) is 5.99. The smallest absolute Gasteiger partial charge is 0.260 e. The van der Waals surface area contributed by atoms with Crippen LogP contribution in [0, 0.1) is 0 Å². The van der Waals surface area contributed by atoms with Crippen LogP contribution in [0.15, 0.2) is 36.4 Å². The fourth-order valence-corrected chi connectivity index (χ4v) is 3.37. The molecule has 3 rings (SSSR count). The first-order chi connectivity index (χ1) is 11.0. The summed E-state index contributed by atoms with van der Waals surface area (Å²) < 4.78 is 0. The number of nitrogens with two attached hydrogens (primary N) is 2. The number of carbonyl (C=O) groups is 2. The highest BCUT2D eigenvalue weighted by Gasteiger charge is 2.19. The van der Waals surface area contributed by atoms with E-state index in [1.54, 1.807) is 6.07 Å². The lowest BCUT2D eigenvalue weighted by Gasteiger charge is -2.08. The third-order valence-electron chi connectivity index (χ3n) is 3.31. The lowest BCUT2D eigenvalue weighted by Crippen LogP contribution is -2.10. The van der Waals surface area contributed by atoms with Crippen LogP contribution in [0.2, 0.25) is 0 Å². The summed E-state index contributed by atoms with van der Waals surface area (Å²) in [5.74, 6) is -0.415. The Kier molecular flexibility index (Phi) is 3.71. The number of hydrogen-bond donors (Lipinski definition) is 3. The van der Waals surface area contributed by atoms with E-state index in [0.29, 0.717) is 21.7 Å². The molecule has 0 radical (unpaired) electrons. The van der Waals surface area contributed by atoms with E-state index in [1.807, 2.05) is 30.3 Å². The number of primary amides is 1. The number of hydrogen-bond acceptors (Lipinski definition) is 5. The molecular formula is C16H14N4O2S. The van der Waals surface area contributed by atoms with Crippen molar-refractivity contribution in [3.05, 3.63) is 41.3 Å². The molecule has 0 saturated carbocycles. The molecule has 0 bridgehead atoms. The van der Waals surface area contributed by atoms with Crippen LogP contribution in [0.1, 0.15) is 16.6 Å². The number of nitrogens with one attached hydrogen (secondary N) is 1. The van der Waals surface area contributed by atoms with Gasteiger partial charge in [0.15, 0.2) is 0 Å². The maximum Gasteiger partial charge on any atom is 0.260 e. The molecule has 5 N–H and O–H groups in total. The number of rotatable bonds is 3. The molecule has 2 amide bonds. The standard InChI is InChI=1S/C16H14N4O2S/c1-8(21)19-11-7-10(9-5-3-2-4-6-9)12-13(17)14(15(18)22)23-16(12)20-11/h2-7H,17H2,1H3,(H2,18,22)(H,19,20,21). The number of thiophene rings is 1. The van der Waals surface area contributed by atoms with Crippen LogP contribution in [-0.4, -0.2) is 16.8 Å². The minimum Gasteiger partial charge on any atom is -0.397 e. The zero-order chi connectivity index (χ0) is 16.6. The van der Waals surface area contributed by atoms with E-state index in [-0.39, 0.29) is 10.8 Å². The molecular weight excluding hydrogens is 312 g/mol. The van der Waals surface area contributed by atoms with Gasteiger partial charge in [0, 0.05) is 12.3 Å². The Hall–Kier alpha value is -2.93. The number of fused-ring (bicyclic) bond motifs is 1. The largest absolute Gasteiger partial charge is 0.397 e. The van der Waals surface area contributed by atoms with Gasteiger partial charge < -0.3 is 16.8 Å². The molecule has 2 aromatic heterocycles. The summed E-state index contributed by atoms with van der Waals surface area (Å²) in [4.78, 5) is 28.1. The maximum atomic E-state index is 11.6. The minimum absolute atomic E-state index is 0.226. The molecule has 0 spiro atoms. The number of benzene rings is 1. The van der Waals surface area contributed by atoms with Crippen LogP contribution >= 0.6 is 11.3 Å². The summed E-state index contributed by atoms with van der Waals surface area (Å²) in [6, 6.07) is 11.3. The molecule has 2 heterocycles. The Morgan fingerprint density at radius 2 is 1.91 bits per heavy atom. The summed E-state index contributed by atoms with van der Waals surface area (Å²) in [7, 11) is 0. The normalized spacial score (nSPS) is 10.7. The zero-order valence-corrected chi connectivity index (χ0v) is 13.1. The summed E-state index contributed by atoms with van der Waals surface area (Å²) in [5.41, 5.74) is 13.5. The van der Waals surface area contributed by atoms with E-state index in [0.717, 1.165) is 22.5 Å². The maximum absolute atomic E-state index is 11.6. The first-order valence-corrected chi connectivity index (χ1v) is 7.65. The number of nitrogens with zero attached hydrogens (tertiary/aromatic N) is 1. The second-order valence-electron chi connectivity index (χ2n) is 4.99. The van der Waals surface area contributed by atoms with E-state index in [1.165, 1.54) is 6.92 Å². The van der Waals surface area contributed by atoms with Gasteiger partial charge in [0.1, 0.15) is 15.5 Å². The first kappa shape index (κ1) is 15.0. The number of anilines is 2. The monoisotopic (exact) mass is 326 g/mol. The van der Waals surface area contributed by atoms with Gasteiger partial charge in [0.25, 0.3) is 5.91 Å². The summed E-state index contributed by atoms with van der Waals surface area (Å²) >= 11 is 1.12. The van der Waals surface area contributed by atoms with E-state index in [2.05, 4.69) is 10.3 Å². The second kappa shape index (κ2) is 5.69. The molecule has 0 aliphatic rings. The van der Waals surface area contributed by atoms with Gasteiger partial charge in [-0.15, -0.1) is 11.3 Å². The number of amides is 2. The van der Waals surface area contributed by atoms with Crippen molar-refractivity contribution in [3.63, 3.8) is 0 Å². The molecule has 0 aliphatic heterocycles. The van der Waals surface area contributed by atoms with Gasteiger partial charge in [-0.3, -0.25) is 9.59 Å². The number of pyridine rings is 1. The van der Waals surface area contributed by atoms with Gasteiger partial charge in [-0.1, -0.05) is 30.3 Å². The third kappa shape index (κ3) is 2.74. The Morgan fingerprint density at radius 3 is 2.52 bits per heavy atom. The van der Waals surface area contributed by atoms with Crippen LogP contribution in [-0.2, 0) is 4.79 Å². The molecule has 0 saturated heterocycles. The molecule has 0 fully saturated rings. The van der Waals surface area contributed by atoms with Gasteiger partial charge in [0.2, 0.25) is 5.91 Å². The highest BCUT2D eigenvalue weighted by atomic mass is 32.1. The zero-order valence-electron chi connectivity index (χ0n) is 12.3. The van der Waals surface area contributed by atoms with Crippen LogP contribution in [0.3, 0.4) is 0 Å². The molecule has 6 nitrogen and oxygen atoms in total. The topological polar surface area (TPSA) is 111 Å². The van der Waals surface area contributed by atoms with Crippen LogP contribution < -0.4 is 16.8 Å². The molecule has 0 aliphatic carbocycles. The Labute approximate surface area is 136 Å². The van der Waals surface area contributed by atoms with Gasteiger partial charge in [-0.2, -0.15) is 0 Å². The molecule has 0 unspecified atom stereocenters. The van der Waals surface area contributed by atoms with Crippen molar-refractivity contribution < 1.29 is 9.59 Å². The van der Waals surface area contributed by atoms with Crippen molar-refractivity contribution in [3.8, 4) is 11.1 Å². The fraction of sp³-hybridized carbons (Fsp3) is 0.0625. The van der Waals surface area contributed by atoms with Gasteiger partial charge >= 0.3 is 0 Å². The minimum atomic E-state index is -0.592. The highest BCUT2D eigenvalue weighted by molar-refractivity contribution is 7.21. The first-order valence-electron chi connectivity index (χ1n) is 6.83. The number of carbonyl (C=O) groups excluding carboxylic acids is 2. The van der Waals surface area contributed by atoms with E-state index >= 15 is 0 Å². The Bertz CT molecular complexity index is 919. The average Bonchev–Trinajstić information content (AvgIpc) is 2.84. The van der Waals surface area contributed by atoms with Crippen LogP contribution in [0.4, 0.5) is 11.5 Å². The van der Waals surface area contributed by atoms with Crippen LogP contribution in [0.5, 0.6) is 0 Å². The molecule has 3 aromatic rings. The third-order valence-corrected chi connectivity index (χ3v) is 4.43. The molecule has 0 atom stereocenters. The van der Waals surface area contributed by atoms with Crippen molar-refractivity contribution in [2.45, 2.75) is 6.92 Å². The lowest BCUT2D eigenvalue weighted by atomic mass is 10.0. The fourth-order valence-electron chi connectivity index (χ4n) is 2.39. The SMILES string of the molecule is CC(=O)Nc1cc(-c2ccccc2)c2c(N)c(C(N)=O)sc2n1. The summed E-state index contributed by atoms with van der Waals surface area (Å²) in [6.45, 7) is 1.41. The van der Waals surface area contributed by atoms with Crippen molar-refractivity contribution >= 4 is 44.9 Å². The number of aromatic nitrogens is 1. The van der Waals surface area contributed by atoms with Crippen molar-refractivity contribution in [1.82, 2.24) is 4.98 Å². The van der Waals surface area contributed by atoms with E-state index in [4.69, 9.17) is 11.5 Å². The lowest BCUT2D eigenvalue weighted by molar-refractivity contribution is -0.114. The van der Waals surface area contributed by atoms with E-state index < -0.39 is 5.91 Å². The van der Waals surface area contributed by atoms with E-state index in [9.17, 15) is 9.59 Å². The predicted molar refractivity (Wildman–Crippen MR) is 92.3 cm³/mol. The van der Waals surface area contributed by atoms with Gasteiger partial charge in [0.05, 0.1) is 5.69 Å². The average molecular weight is 326 g/mol. The van der Waals surface area contributed by atoms with Crippen molar-refractivity contribution in [2.75, 3.05) is 11.1 Å². The molecule has 1 aromatic carbocycles. The molecule has 116 valence electrons. The summed E-state index contributed by atoms with van der Waals surface area (Å²) in [6.07, 6.45) is 0. The molecule has 7 heteroatoms. The Balaban J connectivity index is 2.34. The highest BCUT2D eigenvalue weighted by Crippen LogP contribution is 2.40. The molecule has 23 heavy (non-hydrogen) atoms. The van der Waals surface area contributed by atoms with Gasteiger partial charge in [-0.25, -0.2) is 4.98 Å².